The van der Waals surface area contributed by atoms with Crippen molar-refractivity contribution in [3.63, 3.8) is 0 Å². The molecule has 1 aliphatic heterocycles. The number of aryl methyl sites for hydroxylation is 2. The van der Waals surface area contributed by atoms with Crippen molar-refractivity contribution in [3.8, 4) is 11.5 Å². The summed E-state index contributed by atoms with van der Waals surface area (Å²) in [4.78, 5) is 15.3. The third kappa shape index (κ3) is 4.90. The van der Waals surface area contributed by atoms with Crippen molar-refractivity contribution in [2.24, 2.45) is 5.10 Å². The topological polar surface area (TPSA) is 54.4 Å². The number of ether oxygens (including phenoxy) is 2. The van der Waals surface area contributed by atoms with Gasteiger partial charge in [-0.1, -0.05) is 23.8 Å². The number of methoxy groups -OCH3 is 2. The average molecular weight is 424 g/mol. The van der Waals surface area contributed by atoms with Gasteiger partial charge in [-0.25, -0.2) is 5.01 Å². The summed E-state index contributed by atoms with van der Waals surface area (Å²) >= 11 is 0. The minimum absolute atomic E-state index is 0.0363. The Morgan fingerprint density at radius 2 is 1.90 bits per heavy atom. The van der Waals surface area contributed by atoms with E-state index >= 15 is 0 Å². The molecule has 0 spiro atoms. The van der Waals surface area contributed by atoms with Crippen molar-refractivity contribution in [2.75, 3.05) is 27.8 Å². The van der Waals surface area contributed by atoms with Gasteiger partial charge in [0.15, 0.2) is 0 Å². The molecular weight excluding hydrogens is 390 g/mol. The van der Waals surface area contributed by atoms with Gasteiger partial charge in [0.2, 0.25) is 0 Å². The Morgan fingerprint density at radius 3 is 2.52 bits per heavy atom. The van der Waals surface area contributed by atoms with Gasteiger partial charge in [0.1, 0.15) is 11.5 Å². The van der Waals surface area contributed by atoms with Gasteiger partial charge in [-0.2, -0.15) is 5.10 Å². The highest BCUT2D eigenvalue weighted by Gasteiger charge is 2.36. The molecule has 1 atom stereocenters. The van der Waals surface area contributed by atoms with E-state index in [0.717, 1.165) is 33.9 Å². The van der Waals surface area contributed by atoms with E-state index in [1.165, 1.54) is 5.56 Å². The molecule has 0 saturated heterocycles. The maximum absolute atomic E-state index is 13.3. The second-order valence-corrected chi connectivity index (χ2v) is 8.44. The summed E-state index contributed by atoms with van der Waals surface area (Å²) in [7, 11) is 5.23. The molecule has 1 aliphatic rings. The lowest BCUT2D eigenvalue weighted by molar-refractivity contribution is -0.134. The van der Waals surface area contributed by atoms with Crippen LogP contribution < -0.4 is 9.47 Å². The first-order valence-electron chi connectivity index (χ1n) is 10.6. The summed E-state index contributed by atoms with van der Waals surface area (Å²) in [6, 6.07) is 12.0. The van der Waals surface area contributed by atoms with E-state index in [0.29, 0.717) is 13.0 Å². The number of hydrazone groups is 1. The van der Waals surface area contributed by atoms with E-state index in [9.17, 15) is 4.79 Å². The van der Waals surface area contributed by atoms with Crippen LogP contribution in [0, 0.1) is 13.8 Å². The maximum atomic E-state index is 13.3. The summed E-state index contributed by atoms with van der Waals surface area (Å²) in [6.07, 6.45) is 0.616. The Morgan fingerprint density at radius 1 is 1.16 bits per heavy atom. The van der Waals surface area contributed by atoms with Gasteiger partial charge in [-0.05, 0) is 58.5 Å². The zero-order valence-corrected chi connectivity index (χ0v) is 19.6. The fourth-order valence-corrected chi connectivity index (χ4v) is 3.85. The number of amides is 1. The van der Waals surface area contributed by atoms with Gasteiger partial charge in [-0.3, -0.25) is 9.69 Å². The van der Waals surface area contributed by atoms with Crippen LogP contribution in [0.2, 0.25) is 0 Å². The molecule has 1 amide bonds. The molecule has 6 nitrogen and oxygen atoms in total. The van der Waals surface area contributed by atoms with Crippen LogP contribution in [0.4, 0.5) is 0 Å². The third-order valence-corrected chi connectivity index (χ3v) is 5.92. The largest absolute Gasteiger partial charge is 0.497 e. The number of hydrogen-bond acceptors (Lipinski definition) is 5. The highest BCUT2D eigenvalue weighted by Crippen LogP contribution is 2.39. The van der Waals surface area contributed by atoms with Crippen molar-refractivity contribution in [2.45, 2.75) is 46.2 Å². The van der Waals surface area contributed by atoms with Crippen molar-refractivity contribution >= 4 is 11.6 Å². The number of nitrogens with zero attached hydrogens (tertiary/aromatic N) is 3. The first-order chi connectivity index (χ1) is 14.7. The number of hydrogen-bond donors (Lipinski definition) is 0. The summed E-state index contributed by atoms with van der Waals surface area (Å²) < 4.78 is 11.1. The normalized spacial score (nSPS) is 16.1. The van der Waals surface area contributed by atoms with E-state index in [1.54, 1.807) is 19.2 Å². The van der Waals surface area contributed by atoms with Crippen LogP contribution in [-0.4, -0.2) is 55.4 Å². The minimum atomic E-state index is -0.256. The Labute approximate surface area is 185 Å². The molecule has 0 aliphatic carbocycles. The first-order valence-corrected chi connectivity index (χ1v) is 10.6. The van der Waals surface area contributed by atoms with Crippen LogP contribution in [0.15, 0.2) is 41.5 Å². The molecule has 2 aromatic rings. The van der Waals surface area contributed by atoms with E-state index in [4.69, 9.17) is 14.6 Å². The first kappa shape index (κ1) is 22.8. The Bertz CT molecular complexity index is 984. The molecule has 0 bridgehead atoms. The summed E-state index contributed by atoms with van der Waals surface area (Å²) in [5, 5.41) is 6.46. The summed E-state index contributed by atoms with van der Waals surface area (Å²) in [6.45, 7) is 8.61. The molecule has 166 valence electrons. The number of benzene rings is 2. The molecule has 31 heavy (non-hydrogen) atoms. The van der Waals surface area contributed by atoms with Gasteiger partial charge < -0.3 is 9.47 Å². The van der Waals surface area contributed by atoms with E-state index in [1.807, 2.05) is 30.1 Å². The SMILES string of the molecule is COc1ccc(OC)c(C2CC(c3ccc(C)cc3C)=NN2C(=O)CN(C)C(C)C)c1. The fraction of sp³-hybridized carbons (Fsp3) is 0.440. The van der Waals surface area contributed by atoms with Crippen LogP contribution in [0.25, 0.3) is 0 Å². The van der Waals surface area contributed by atoms with Crippen molar-refractivity contribution in [1.29, 1.82) is 0 Å². The van der Waals surface area contributed by atoms with Gasteiger partial charge in [0, 0.05) is 23.6 Å². The van der Waals surface area contributed by atoms with Crippen LogP contribution in [0.5, 0.6) is 11.5 Å². The zero-order valence-electron chi connectivity index (χ0n) is 19.6. The molecule has 3 rings (SSSR count). The molecule has 0 saturated carbocycles. The quantitative estimate of drug-likeness (QED) is 0.665. The molecule has 1 heterocycles. The molecule has 6 heteroatoms. The van der Waals surface area contributed by atoms with Crippen molar-refractivity contribution in [3.05, 3.63) is 58.7 Å². The lowest BCUT2D eigenvalue weighted by Crippen LogP contribution is -2.39. The molecule has 0 aromatic heterocycles. The third-order valence-electron chi connectivity index (χ3n) is 5.92. The molecule has 2 aromatic carbocycles. The monoisotopic (exact) mass is 423 g/mol. The van der Waals surface area contributed by atoms with E-state index in [2.05, 4.69) is 45.9 Å². The second kappa shape index (κ2) is 9.52. The second-order valence-electron chi connectivity index (χ2n) is 8.44. The lowest BCUT2D eigenvalue weighted by Gasteiger charge is -2.27. The average Bonchev–Trinajstić information content (AvgIpc) is 3.18. The predicted octanol–water partition coefficient (Wildman–Crippen LogP) is 4.34. The number of rotatable bonds is 7. The molecule has 0 N–H and O–H groups in total. The van der Waals surface area contributed by atoms with E-state index in [-0.39, 0.29) is 18.0 Å². The van der Waals surface area contributed by atoms with Crippen molar-refractivity contribution in [1.82, 2.24) is 9.91 Å². The number of carbonyl (C=O) groups excluding carboxylic acids is 1. The minimum Gasteiger partial charge on any atom is -0.497 e. The maximum Gasteiger partial charge on any atom is 0.257 e. The van der Waals surface area contributed by atoms with Crippen LogP contribution in [-0.2, 0) is 4.79 Å². The van der Waals surface area contributed by atoms with Gasteiger partial charge in [0.05, 0.1) is 32.5 Å². The Balaban J connectivity index is 2.04. The fourth-order valence-electron chi connectivity index (χ4n) is 3.85. The van der Waals surface area contributed by atoms with Crippen LogP contribution in [0.3, 0.4) is 0 Å². The zero-order chi connectivity index (χ0) is 22.7. The standard InChI is InChI=1S/C25H33N3O3/c1-16(2)27(5)15-25(29)28-23(21-13-19(30-6)9-11-24(21)31-7)14-22(26-28)20-10-8-17(3)12-18(20)4/h8-13,16,23H,14-15H2,1-7H3. The van der Waals surface area contributed by atoms with Crippen LogP contribution in [0.1, 0.15) is 48.6 Å². The molecule has 1 unspecified atom stereocenters. The van der Waals surface area contributed by atoms with Crippen molar-refractivity contribution < 1.29 is 14.3 Å². The lowest BCUT2D eigenvalue weighted by atomic mass is 9.94. The van der Waals surface area contributed by atoms with Gasteiger partial charge in [0.25, 0.3) is 5.91 Å². The van der Waals surface area contributed by atoms with Gasteiger partial charge >= 0.3 is 0 Å². The Hall–Kier alpha value is -2.86. The molecular formula is C25H33N3O3. The number of likely N-dealkylation sites (N-methyl/N-ethyl adjacent to an activating group) is 1. The highest BCUT2D eigenvalue weighted by molar-refractivity contribution is 6.04. The smallest absolute Gasteiger partial charge is 0.257 e. The number of carbonyl (C=O) groups is 1. The molecule has 0 radical (unpaired) electrons. The van der Waals surface area contributed by atoms with E-state index < -0.39 is 0 Å². The summed E-state index contributed by atoms with van der Waals surface area (Å²) in [5.74, 6) is 1.41. The van der Waals surface area contributed by atoms with Crippen LogP contribution >= 0.6 is 0 Å². The molecule has 0 fully saturated rings. The van der Waals surface area contributed by atoms with Gasteiger partial charge in [-0.15, -0.1) is 0 Å². The summed E-state index contributed by atoms with van der Waals surface area (Å²) in [5.41, 5.74) is 5.24. The highest BCUT2D eigenvalue weighted by atomic mass is 16.5. The predicted molar refractivity (Wildman–Crippen MR) is 124 cm³/mol. The Kier molecular flexibility index (Phi) is 7.01.